The largest absolute Gasteiger partial charge is 0.335 e. The Bertz CT molecular complexity index is 603. The van der Waals surface area contributed by atoms with E-state index >= 15 is 0 Å². The second kappa shape index (κ2) is 7.23. The van der Waals surface area contributed by atoms with Crippen LogP contribution in [0.4, 0.5) is 0 Å². The summed E-state index contributed by atoms with van der Waals surface area (Å²) < 4.78 is 24.2. The molecule has 8 heteroatoms. The Hall–Kier alpha value is -1.41. The molecule has 0 N–H and O–H groups in total. The number of hydrogen-bond acceptors (Lipinski definition) is 5. The molecule has 0 spiro atoms. The van der Waals surface area contributed by atoms with E-state index in [-0.39, 0.29) is 11.7 Å². The molecular formula is C14H24N4O3S. The van der Waals surface area contributed by atoms with E-state index in [4.69, 9.17) is 0 Å². The van der Waals surface area contributed by atoms with Gasteiger partial charge < -0.3 is 4.90 Å². The van der Waals surface area contributed by atoms with Crippen molar-refractivity contribution in [2.24, 2.45) is 0 Å². The second-order valence-corrected chi connectivity index (χ2v) is 7.99. The van der Waals surface area contributed by atoms with Crippen LogP contribution < -0.4 is 0 Å². The lowest BCUT2D eigenvalue weighted by molar-refractivity contribution is 0.0637. The van der Waals surface area contributed by atoms with Crippen molar-refractivity contribution in [2.75, 3.05) is 44.7 Å². The van der Waals surface area contributed by atoms with Gasteiger partial charge in [-0.1, -0.05) is 6.92 Å². The minimum Gasteiger partial charge on any atom is -0.335 e. The van der Waals surface area contributed by atoms with Gasteiger partial charge in [-0.05, 0) is 12.5 Å². The Morgan fingerprint density at radius 2 is 1.91 bits per heavy atom. The molecule has 1 aromatic heterocycles. The number of amides is 1. The first-order chi connectivity index (χ1) is 10.4. The molecule has 0 aliphatic carbocycles. The first-order valence-electron chi connectivity index (χ1n) is 7.62. The summed E-state index contributed by atoms with van der Waals surface area (Å²) in [5.74, 6) is 0.125. The summed E-state index contributed by atoms with van der Waals surface area (Å²) in [5, 5.41) is 4.30. The first kappa shape index (κ1) is 17.0. The van der Waals surface area contributed by atoms with E-state index in [2.05, 4.69) is 16.9 Å². The zero-order chi connectivity index (χ0) is 16.2. The van der Waals surface area contributed by atoms with Gasteiger partial charge in [0.2, 0.25) is 0 Å². The van der Waals surface area contributed by atoms with Crippen LogP contribution in [0.25, 0.3) is 0 Å². The summed E-state index contributed by atoms with van der Waals surface area (Å²) in [5.41, 5.74) is 0.484. The summed E-state index contributed by atoms with van der Waals surface area (Å²) >= 11 is 0. The highest BCUT2D eigenvalue weighted by molar-refractivity contribution is 7.90. The fraction of sp³-hybridized carbons (Fsp3) is 0.714. The van der Waals surface area contributed by atoms with E-state index in [1.165, 1.54) is 6.26 Å². The standard InChI is InChI=1S/C14H24N4O3S/c1-3-5-18-6-4-13(15-18)14(19)17-9-7-16(8-10-17)11-12-22(2,20)21/h4,6H,3,5,7-12H2,1-2H3. The molecule has 124 valence electrons. The molecule has 1 amide bonds. The van der Waals surface area contributed by atoms with Gasteiger partial charge in [0.05, 0.1) is 5.75 Å². The fourth-order valence-corrected chi connectivity index (χ4v) is 3.05. The number of carbonyl (C=O) groups is 1. The van der Waals surface area contributed by atoms with Crippen molar-refractivity contribution in [1.29, 1.82) is 0 Å². The zero-order valence-corrected chi connectivity index (χ0v) is 14.0. The molecule has 0 saturated carbocycles. The van der Waals surface area contributed by atoms with Crippen LogP contribution >= 0.6 is 0 Å². The first-order valence-corrected chi connectivity index (χ1v) is 9.68. The van der Waals surface area contributed by atoms with Crippen molar-refractivity contribution in [3.63, 3.8) is 0 Å². The lowest BCUT2D eigenvalue weighted by Gasteiger charge is -2.34. The minimum atomic E-state index is -2.93. The molecule has 0 atom stereocenters. The highest BCUT2D eigenvalue weighted by atomic mass is 32.2. The van der Waals surface area contributed by atoms with Gasteiger partial charge in [0.1, 0.15) is 15.5 Å². The summed E-state index contributed by atoms with van der Waals surface area (Å²) in [6.07, 6.45) is 4.06. The van der Waals surface area contributed by atoms with E-state index in [0.29, 0.717) is 38.4 Å². The maximum absolute atomic E-state index is 12.4. The Morgan fingerprint density at radius 1 is 1.23 bits per heavy atom. The Morgan fingerprint density at radius 3 is 2.50 bits per heavy atom. The van der Waals surface area contributed by atoms with Crippen molar-refractivity contribution >= 4 is 15.7 Å². The SMILES string of the molecule is CCCn1ccc(C(=O)N2CCN(CCS(C)(=O)=O)CC2)n1. The van der Waals surface area contributed by atoms with Crippen LogP contribution in [0.15, 0.2) is 12.3 Å². The van der Waals surface area contributed by atoms with Crippen LogP contribution in [0, 0.1) is 0 Å². The van der Waals surface area contributed by atoms with E-state index in [1.807, 2.05) is 6.20 Å². The Labute approximate surface area is 131 Å². The maximum atomic E-state index is 12.4. The predicted octanol–water partition coefficient (Wildman–Crippen LogP) is 0.0955. The number of carbonyl (C=O) groups excluding carboxylic acids is 1. The second-order valence-electron chi connectivity index (χ2n) is 5.73. The third-order valence-electron chi connectivity index (χ3n) is 3.75. The molecule has 0 bridgehead atoms. The number of hydrogen-bond donors (Lipinski definition) is 0. The zero-order valence-electron chi connectivity index (χ0n) is 13.2. The molecule has 7 nitrogen and oxygen atoms in total. The van der Waals surface area contributed by atoms with Crippen molar-refractivity contribution in [1.82, 2.24) is 19.6 Å². The van der Waals surface area contributed by atoms with Crippen LogP contribution in [0.1, 0.15) is 23.8 Å². The van der Waals surface area contributed by atoms with Crippen molar-refractivity contribution in [2.45, 2.75) is 19.9 Å². The van der Waals surface area contributed by atoms with Gasteiger partial charge >= 0.3 is 0 Å². The molecule has 2 heterocycles. The van der Waals surface area contributed by atoms with Gasteiger partial charge in [-0.25, -0.2) is 8.42 Å². The summed E-state index contributed by atoms with van der Waals surface area (Å²) in [6, 6.07) is 1.76. The number of sulfone groups is 1. The number of nitrogens with zero attached hydrogens (tertiary/aromatic N) is 4. The van der Waals surface area contributed by atoms with E-state index < -0.39 is 9.84 Å². The van der Waals surface area contributed by atoms with Crippen LogP contribution in [0.5, 0.6) is 0 Å². The van der Waals surface area contributed by atoms with Crippen LogP contribution in [0.2, 0.25) is 0 Å². The monoisotopic (exact) mass is 328 g/mol. The van der Waals surface area contributed by atoms with Gasteiger partial charge in [0.25, 0.3) is 5.91 Å². The fourth-order valence-electron chi connectivity index (χ4n) is 2.46. The molecule has 2 rings (SSSR count). The summed E-state index contributed by atoms with van der Waals surface area (Å²) in [4.78, 5) is 16.2. The molecule has 1 aromatic rings. The van der Waals surface area contributed by atoms with Gasteiger partial charge in [-0.2, -0.15) is 5.10 Å². The summed E-state index contributed by atoms with van der Waals surface area (Å²) in [6.45, 7) is 6.05. The lowest BCUT2D eigenvalue weighted by atomic mass is 10.3. The van der Waals surface area contributed by atoms with Gasteiger partial charge in [-0.15, -0.1) is 0 Å². The Kier molecular flexibility index (Phi) is 5.57. The van der Waals surface area contributed by atoms with Crippen LogP contribution in [-0.4, -0.2) is 78.6 Å². The maximum Gasteiger partial charge on any atom is 0.274 e. The Balaban J connectivity index is 1.84. The molecular weight excluding hydrogens is 304 g/mol. The minimum absolute atomic E-state index is 0.0439. The molecule has 1 aliphatic heterocycles. The molecule has 22 heavy (non-hydrogen) atoms. The normalized spacial score (nSPS) is 16.9. The smallest absolute Gasteiger partial charge is 0.274 e. The number of piperazine rings is 1. The van der Waals surface area contributed by atoms with Crippen molar-refractivity contribution < 1.29 is 13.2 Å². The third-order valence-corrected chi connectivity index (χ3v) is 4.67. The lowest BCUT2D eigenvalue weighted by Crippen LogP contribution is -2.49. The molecule has 0 unspecified atom stereocenters. The summed E-state index contributed by atoms with van der Waals surface area (Å²) in [7, 11) is -2.93. The van der Waals surface area contributed by atoms with Crippen molar-refractivity contribution in [3.8, 4) is 0 Å². The number of aryl methyl sites for hydroxylation is 1. The van der Waals surface area contributed by atoms with Gasteiger partial charge in [-0.3, -0.25) is 14.4 Å². The predicted molar refractivity (Wildman–Crippen MR) is 84.6 cm³/mol. The average Bonchev–Trinajstić information content (AvgIpc) is 2.93. The average molecular weight is 328 g/mol. The quantitative estimate of drug-likeness (QED) is 0.740. The van der Waals surface area contributed by atoms with Crippen LogP contribution in [-0.2, 0) is 16.4 Å². The van der Waals surface area contributed by atoms with E-state index in [9.17, 15) is 13.2 Å². The third kappa shape index (κ3) is 4.81. The molecule has 1 saturated heterocycles. The topological polar surface area (TPSA) is 75.5 Å². The molecule has 0 aromatic carbocycles. The number of rotatable bonds is 6. The molecule has 1 aliphatic rings. The van der Waals surface area contributed by atoms with Gasteiger partial charge in [0, 0.05) is 51.7 Å². The van der Waals surface area contributed by atoms with E-state index in [1.54, 1.807) is 15.6 Å². The van der Waals surface area contributed by atoms with Crippen molar-refractivity contribution in [3.05, 3.63) is 18.0 Å². The molecule has 0 radical (unpaired) electrons. The van der Waals surface area contributed by atoms with Gasteiger partial charge in [0.15, 0.2) is 0 Å². The molecule has 1 fully saturated rings. The number of aromatic nitrogens is 2. The highest BCUT2D eigenvalue weighted by Crippen LogP contribution is 2.08. The highest BCUT2D eigenvalue weighted by Gasteiger charge is 2.23. The van der Waals surface area contributed by atoms with Crippen LogP contribution in [0.3, 0.4) is 0 Å². The van der Waals surface area contributed by atoms with E-state index in [0.717, 1.165) is 13.0 Å².